The SMILES string of the molecule is COC1CCC(C2=CCC(C)CC2)C(Cl)C1F. The van der Waals surface area contributed by atoms with Gasteiger partial charge in [0.05, 0.1) is 11.5 Å². The molecule has 2 aliphatic rings. The van der Waals surface area contributed by atoms with Crippen LogP contribution in [-0.4, -0.2) is 24.8 Å². The molecular weight excluding hydrogens is 239 g/mol. The molecule has 0 spiro atoms. The van der Waals surface area contributed by atoms with Crippen LogP contribution >= 0.6 is 11.6 Å². The molecule has 5 atom stereocenters. The second kappa shape index (κ2) is 5.71. The fourth-order valence-electron chi connectivity index (χ4n) is 3.05. The lowest BCUT2D eigenvalue weighted by Gasteiger charge is -2.37. The van der Waals surface area contributed by atoms with Gasteiger partial charge in [0, 0.05) is 7.11 Å². The molecule has 0 bridgehead atoms. The van der Waals surface area contributed by atoms with E-state index in [1.54, 1.807) is 7.11 Å². The Bertz CT molecular complexity index is 292. The maximum atomic E-state index is 14.0. The molecule has 1 saturated carbocycles. The van der Waals surface area contributed by atoms with Gasteiger partial charge in [-0.2, -0.15) is 0 Å². The van der Waals surface area contributed by atoms with E-state index in [1.165, 1.54) is 12.0 Å². The molecule has 1 nitrogen and oxygen atoms in total. The zero-order chi connectivity index (χ0) is 12.4. The first-order chi connectivity index (χ1) is 8.13. The highest BCUT2D eigenvalue weighted by molar-refractivity contribution is 6.21. The lowest BCUT2D eigenvalue weighted by Crippen LogP contribution is -2.42. The molecule has 0 saturated heterocycles. The minimum atomic E-state index is -1.03. The van der Waals surface area contributed by atoms with Crippen molar-refractivity contribution in [3.63, 3.8) is 0 Å². The van der Waals surface area contributed by atoms with Gasteiger partial charge in [-0.1, -0.05) is 18.6 Å². The van der Waals surface area contributed by atoms with Crippen molar-refractivity contribution < 1.29 is 9.13 Å². The lowest BCUT2D eigenvalue weighted by molar-refractivity contribution is -0.00254. The van der Waals surface area contributed by atoms with Crippen molar-refractivity contribution in [3.8, 4) is 0 Å². The van der Waals surface area contributed by atoms with Crippen LogP contribution in [0.3, 0.4) is 0 Å². The van der Waals surface area contributed by atoms with Gasteiger partial charge >= 0.3 is 0 Å². The van der Waals surface area contributed by atoms with E-state index in [-0.39, 0.29) is 12.0 Å². The third-order valence-corrected chi connectivity index (χ3v) is 4.84. The number of allylic oxidation sites excluding steroid dienone is 2. The van der Waals surface area contributed by atoms with Crippen LogP contribution in [0, 0.1) is 11.8 Å². The van der Waals surface area contributed by atoms with Crippen LogP contribution in [0.2, 0.25) is 0 Å². The number of halogens is 2. The topological polar surface area (TPSA) is 9.23 Å². The first-order valence-corrected chi connectivity index (χ1v) is 7.07. The van der Waals surface area contributed by atoms with Crippen molar-refractivity contribution in [2.45, 2.75) is 56.7 Å². The van der Waals surface area contributed by atoms with E-state index in [2.05, 4.69) is 13.0 Å². The Morgan fingerprint density at radius 2 is 2.12 bits per heavy atom. The van der Waals surface area contributed by atoms with Gasteiger partial charge in [0.2, 0.25) is 0 Å². The van der Waals surface area contributed by atoms with E-state index >= 15 is 0 Å². The maximum absolute atomic E-state index is 14.0. The number of hydrogen-bond acceptors (Lipinski definition) is 1. The van der Waals surface area contributed by atoms with E-state index < -0.39 is 11.5 Å². The predicted molar refractivity (Wildman–Crippen MR) is 69.2 cm³/mol. The average molecular weight is 261 g/mol. The molecule has 0 aromatic rings. The molecule has 3 heteroatoms. The van der Waals surface area contributed by atoms with E-state index in [4.69, 9.17) is 16.3 Å². The molecule has 2 aliphatic carbocycles. The zero-order valence-corrected chi connectivity index (χ0v) is 11.4. The van der Waals surface area contributed by atoms with E-state index in [0.717, 1.165) is 31.6 Å². The van der Waals surface area contributed by atoms with Crippen LogP contribution in [0.5, 0.6) is 0 Å². The highest BCUT2D eigenvalue weighted by Gasteiger charge is 2.40. The number of methoxy groups -OCH3 is 1. The quantitative estimate of drug-likeness (QED) is 0.536. The van der Waals surface area contributed by atoms with Crippen LogP contribution in [0.4, 0.5) is 4.39 Å². The molecule has 1 fully saturated rings. The second-order valence-electron chi connectivity index (χ2n) is 5.51. The highest BCUT2D eigenvalue weighted by atomic mass is 35.5. The summed E-state index contributed by atoms with van der Waals surface area (Å²) < 4.78 is 19.2. The molecule has 0 radical (unpaired) electrons. The van der Waals surface area contributed by atoms with Gasteiger partial charge in [-0.25, -0.2) is 4.39 Å². The molecule has 0 heterocycles. The van der Waals surface area contributed by atoms with Gasteiger partial charge in [0.15, 0.2) is 0 Å². The number of alkyl halides is 2. The maximum Gasteiger partial charge on any atom is 0.143 e. The number of rotatable bonds is 2. The summed E-state index contributed by atoms with van der Waals surface area (Å²) in [7, 11) is 1.57. The van der Waals surface area contributed by atoms with Crippen LogP contribution in [0.25, 0.3) is 0 Å². The Labute approximate surface area is 108 Å². The molecule has 5 unspecified atom stereocenters. The Morgan fingerprint density at radius 3 is 2.71 bits per heavy atom. The normalized spacial score (nSPS) is 43.3. The van der Waals surface area contributed by atoms with Crippen LogP contribution in [0.15, 0.2) is 11.6 Å². The Balaban J connectivity index is 2.03. The van der Waals surface area contributed by atoms with Gasteiger partial charge in [-0.05, 0) is 43.9 Å². The first-order valence-electron chi connectivity index (χ1n) is 6.63. The third kappa shape index (κ3) is 2.85. The highest BCUT2D eigenvalue weighted by Crippen LogP contribution is 2.40. The first kappa shape index (κ1) is 13.4. The summed E-state index contributed by atoms with van der Waals surface area (Å²) in [5.74, 6) is 0.995. The number of ether oxygens (including phenoxy) is 1. The lowest BCUT2D eigenvalue weighted by atomic mass is 9.76. The monoisotopic (exact) mass is 260 g/mol. The summed E-state index contributed by atoms with van der Waals surface area (Å²) in [6.45, 7) is 2.27. The van der Waals surface area contributed by atoms with E-state index in [9.17, 15) is 4.39 Å². The van der Waals surface area contributed by atoms with Gasteiger partial charge < -0.3 is 4.74 Å². The molecule has 0 amide bonds. The van der Waals surface area contributed by atoms with Crippen molar-refractivity contribution in [1.82, 2.24) is 0 Å². The predicted octanol–water partition coefficient (Wildman–Crippen LogP) is 4.10. The summed E-state index contributed by atoms with van der Waals surface area (Å²) in [4.78, 5) is 0. The third-order valence-electron chi connectivity index (χ3n) is 4.29. The van der Waals surface area contributed by atoms with Crippen molar-refractivity contribution >= 4 is 11.6 Å². The van der Waals surface area contributed by atoms with Gasteiger partial charge in [-0.15, -0.1) is 11.6 Å². The Kier molecular flexibility index (Phi) is 4.48. The smallest absolute Gasteiger partial charge is 0.143 e. The largest absolute Gasteiger partial charge is 0.378 e. The van der Waals surface area contributed by atoms with Crippen molar-refractivity contribution in [2.75, 3.05) is 7.11 Å². The van der Waals surface area contributed by atoms with Crippen LogP contribution < -0.4 is 0 Å². The minimum Gasteiger partial charge on any atom is -0.378 e. The summed E-state index contributed by atoms with van der Waals surface area (Å²) in [5.41, 5.74) is 1.39. The Hall–Kier alpha value is -0.0800. The molecule has 2 rings (SSSR count). The van der Waals surface area contributed by atoms with Crippen molar-refractivity contribution in [1.29, 1.82) is 0 Å². The fraction of sp³-hybridized carbons (Fsp3) is 0.857. The molecular formula is C14H22ClFO. The average Bonchev–Trinajstić information content (AvgIpc) is 2.34. The summed E-state index contributed by atoms with van der Waals surface area (Å²) in [6.07, 6.45) is 6.16. The fourth-order valence-corrected chi connectivity index (χ4v) is 3.50. The van der Waals surface area contributed by atoms with Crippen molar-refractivity contribution in [2.24, 2.45) is 11.8 Å². The van der Waals surface area contributed by atoms with E-state index in [1.807, 2.05) is 0 Å². The Morgan fingerprint density at radius 1 is 1.35 bits per heavy atom. The van der Waals surface area contributed by atoms with Gasteiger partial charge in [0.1, 0.15) is 6.17 Å². The molecule has 0 N–H and O–H groups in total. The van der Waals surface area contributed by atoms with Crippen molar-refractivity contribution in [3.05, 3.63) is 11.6 Å². The van der Waals surface area contributed by atoms with Gasteiger partial charge in [-0.3, -0.25) is 0 Å². The zero-order valence-electron chi connectivity index (χ0n) is 10.7. The molecule has 17 heavy (non-hydrogen) atoms. The minimum absolute atomic E-state index is 0.227. The standard InChI is InChI=1S/C14H22ClFO/c1-9-3-5-10(6-4-9)11-7-8-12(17-2)14(16)13(11)15/h5,9,11-14H,3-4,6-8H2,1-2H3. The van der Waals surface area contributed by atoms with Gasteiger partial charge in [0.25, 0.3) is 0 Å². The molecule has 0 aromatic carbocycles. The summed E-state index contributed by atoms with van der Waals surface area (Å²) in [6, 6.07) is 0. The second-order valence-corrected chi connectivity index (χ2v) is 6.01. The number of hydrogen-bond donors (Lipinski definition) is 0. The molecule has 0 aromatic heterocycles. The van der Waals surface area contributed by atoms with E-state index in [0.29, 0.717) is 0 Å². The summed E-state index contributed by atoms with van der Waals surface area (Å²) in [5, 5.41) is -0.409. The molecule has 98 valence electrons. The van der Waals surface area contributed by atoms with Crippen LogP contribution in [-0.2, 0) is 4.74 Å². The summed E-state index contributed by atoms with van der Waals surface area (Å²) >= 11 is 6.28. The molecule has 0 aliphatic heterocycles. The van der Waals surface area contributed by atoms with Crippen LogP contribution in [0.1, 0.15) is 39.0 Å².